The monoisotopic (exact) mass is 453 g/mol. The minimum Gasteiger partial charge on any atom is -0.267 e. The Morgan fingerprint density at radius 3 is 2.57 bits per heavy atom. The first-order valence-corrected chi connectivity index (χ1v) is 9.96. The maximum absolute atomic E-state index is 13.5. The quantitative estimate of drug-likeness (QED) is 0.286. The summed E-state index contributed by atoms with van der Waals surface area (Å²) in [5.74, 6) is -0.666. The average molecular weight is 454 g/mol. The van der Waals surface area contributed by atoms with Gasteiger partial charge in [-0.3, -0.25) is 4.79 Å². The molecule has 4 rings (SSSR count). The first kappa shape index (κ1) is 18.5. The lowest BCUT2D eigenvalue weighted by atomic mass is 10.2. The lowest BCUT2D eigenvalue weighted by molar-refractivity contribution is 0.0988. The van der Waals surface area contributed by atoms with E-state index in [1.165, 1.54) is 28.5 Å². The number of nitrogens with zero attached hydrogens (tertiary/aromatic N) is 3. The predicted octanol–water partition coefficient (Wildman–Crippen LogP) is 5.88. The maximum atomic E-state index is 13.5. The van der Waals surface area contributed by atoms with Crippen LogP contribution in [0.15, 0.2) is 82.4 Å². The highest BCUT2D eigenvalue weighted by Crippen LogP contribution is 2.30. The second-order valence-corrected chi connectivity index (χ2v) is 7.81. The molecule has 1 amide bonds. The Labute approximate surface area is 173 Å². The zero-order valence-corrected chi connectivity index (χ0v) is 16.8. The van der Waals surface area contributed by atoms with E-state index in [4.69, 9.17) is 0 Å². The van der Waals surface area contributed by atoms with Crippen LogP contribution >= 0.6 is 27.3 Å². The number of carbonyl (C=O) groups is 1. The van der Waals surface area contributed by atoms with Crippen LogP contribution in [0.5, 0.6) is 0 Å². The summed E-state index contributed by atoms with van der Waals surface area (Å²) in [6.07, 6.45) is 1.60. The van der Waals surface area contributed by atoms with Crippen LogP contribution in [0.4, 0.5) is 9.52 Å². The zero-order chi connectivity index (χ0) is 19.5. The molecule has 1 heterocycles. The molecule has 0 radical (unpaired) electrons. The minimum atomic E-state index is -0.346. The third kappa shape index (κ3) is 4.00. The van der Waals surface area contributed by atoms with E-state index in [1.807, 2.05) is 30.3 Å². The summed E-state index contributed by atoms with van der Waals surface area (Å²) in [4.78, 5) is 17.6. The third-order valence-corrected chi connectivity index (χ3v) is 5.45. The Hall–Kier alpha value is -2.90. The normalized spacial score (nSPS) is 11.2. The summed E-state index contributed by atoms with van der Waals surface area (Å²) in [6.45, 7) is 0. The second kappa shape index (κ2) is 8.00. The van der Waals surface area contributed by atoms with E-state index in [9.17, 15) is 9.18 Å². The maximum Gasteiger partial charge on any atom is 0.280 e. The molecule has 0 N–H and O–H groups in total. The second-order valence-electron chi connectivity index (χ2n) is 5.89. The van der Waals surface area contributed by atoms with Gasteiger partial charge in [-0.25, -0.2) is 9.37 Å². The fraction of sp³-hybridized carbons (Fsp3) is 0. The molecular weight excluding hydrogens is 441 g/mol. The van der Waals surface area contributed by atoms with E-state index in [0.717, 1.165) is 10.0 Å². The highest BCUT2D eigenvalue weighted by atomic mass is 79.9. The molecule has 138 valence electrons. The van der Waals surface area contributed by atoms with Crippen molar-refractivity contribution in [2.75, 3.05) is 5.01 Å². The van der Waals surface area contributed by atoms with Gasteiger partial charge < -0.3 is 0 Å². The molecule has 0 atom stereocenters. The van der Waals surface area contributed by atoms with E-state index in [1.54, 1.807) is 36.5 Å². The number of amides is 1. The van der Waals surface area contributed by atoms with Crippen molar-refractivity contribution in [1.29, 1.82) is 0 Å². The van der Waals surface area contributed by atoms with E-state index in [0.29, 0.717) is 20.9 Å². The highest BCUT2D eigenvalue weighted by molar-refractivity contribution is 9.10. The van der Waals surface area contributed by atoms with Gasteiger partial charge in [0, 0.05) is 10.0 Å². The Bertz CT molecular complexity index is 1160. The van der Waals surface area contributed by atoms with Gasteiger partial charge in [0.05, 0.1) is 16.4 Å². The van der Waals surface area contributed by atoms with Gasteiger partial charge in [0.15, 0.2) is 0 Å². The number of hydrogen-bond donors (Lipinski definition) is 0. The van der Waals surface area contributed by atoms with Gasteiger partial charge in [-0.05, 0) is 48.0 Å². The van der Waals surface area contributed by atoms with E-state index in [2.05, 4.69) is 26.0 Å². The van der Waals surface area contributed by atoms with Gasteiger partial charge >= 0.3 is 0 Å². The van der Waals surface area contributed by atoms with Crippen molar-refractivity contribution >= 4 is 54.7 Å². The minimum absolute atomic E-state index is 0.320. The number of carbonyl (C=O) groups excluding carboxylic acids is 1. The van der Waals surface area contributed by atoms with Crippen molar-refractivity contribution < 1.29 is 9.18 Å². The number of benzene rings is 3. The molecule has 1 aromatic heterocycles. The highest BCUT2D eigenvalue weighted by Gasteiger charge is 2.21. The van der Waals surface area contributed by atoms with Crippen molar-refractivity contribution in [3.05, 3.63) is 94.2 Å². The molecular formula is C21H13BrFN3OS. The third-order valence-electron chi connectivity index (χ3n) is 3.93. The number of thiazole rings is 1. The van der Waals surface area contributed by atoms with Crippen LogP contribution in [-0.2, 0) is 0 Å². The molecule has 28 heavy (non-hydrogen) atoms. The number of rotatable bonds is 4. The molecule has 0 aliphatic carbocycles. The van der Waals surface area contributed by atoms with Crippen LogP contribution in [0.3, 0.4) is 0 Å². The molecule has 0 bridgehead atoms. The largest absolute Gasteiger partial charge is 0.280 e. The summed E-state index contributed by atoms with van der Waals surface area (Å²) < 4.78 is 15.1. The molecule has 0 aliphatic rings. The fourth-order valence-corrected chi connectivity index (χ4v) is 3.76. The molecule has 0 unspecified atom stereocenters. The summed E-state index contributed by atoms with van der Waals surface area (Å²) in [6, 6.07) is 20.8. The van der Waals surface area contributed by atoms with Gasteiger partial charge in [0.25, 0.3) is 5.91 Å². The summed E-state index contributed by atoms with van der Waals surface area (Å²) in [5.41, 5.74) is 1.94. The van der Waals surface area contributed by atoms with E-state index < -0.39 is 0 Å². The Morgan fingerprint density at radius 1 is 1.07 bits per heavy atom. The fourth-order valence-electron chi connectivity index (χ4n) is 2.54. The lowest BCUT2D eigenvalue weighted by Gasteiger charge is -2.13. The average Bonchev–Trinajstić information content (AvgIpc) is 3.12. The van der Waals surface area contributed by atoms with Gasteiger partial charge in [-0.15, -0.1) is 0 Å². The molecule has 0 spiro atoms. The Balaban J connectivity index is 1.76. The van der Waals surface area contributed by atoms with Gasteiger partial charge in [0.1, 0.15) is 5.82 Å². The predicted molar refractivity (Wildman–Crippen MR) is 115 cm³/mol. The standard InChI is InChI=1S/C21H13BrFN3OS/c22-16-8-6-15(7-9-16)20(27)26(24-13-14-4-2-1-3-5-14)21-25-18-11-10-17(23)12-19(18)28-21/h1-13H/b24-13+. The lowest BCUT2D eigenvalue weighted by Crippen LogP contribution is -2.25. The molecule has 0 fully saturated rings. The van der Waals surface area contributed by atoms with Crippen molar-refractivity contribution in [3.8, 4) is 0 Å². The van der Waals surface area contributed by atoms with Gasteiger partial charge in [-0.2, -0.15) is 10.1 Å². The molecule has 0 saturated carbocycles. The summed E-state index contributed by atoms with van der Waals surface area (Å²) in [5, 5.41) is 6.01. The van der Waals surface area contributed by atoms with Crippen LogP contribution < -0.4 is 5.01 Å². The smallest absolute Gasteiger partial charge is 0.267 e. The molecule has 7 heteroatoms. The molecule has 0 saturated heterocycles. The van der Waals surface area contributed by atoms with Crippen LogP contribution in [-0.4, -0.2) is 17.1 Å². The first-order chi connectivity index (χ1) is 13.6. The molecule has 4 nitrogen and oxygen atoms in total. The van der Waals surface area contributed by atoms with Crippen LogP contribution in [0.2, 0.25) is 0 Å². The topological polar surface area (TPSA) is 45.6 Å². The molecule has 4 aromatic rings. The Morgan fingerprint density at radius 2 is 1.82 bits per heavy atom. The van der Waals surface area contributed by atoms with Crippen molar-refractivity contribution in [3.63, 3.8) is 0 Å². The number of halogens is 2. The molecule has 3 aromatic carbocycles. The van der Waals surface area contributed by atoms with E-state index >= 15 is 0 Å². The van der Waals surface area contributed by atoms with Gasteiger partial charge in [0.2, 0.25) is 5.13 Å². The van der Waals surface area contributed by atoms with Crippen LogP contribution in [0, 0.1) is 5.82 Å². The van der Waals surface area contributed by atoms with Crippen molar-refractivity contribution in [1.82, 2.24) is 4.98 Å². The Kier molecular flexibility index (Phi) is 5.27. The summed E-state index contributed by atoms with van der Waals surface area (Å²) >= 11 is 4.58. The van der Waals surface area contributed by atoms with Crippen LogP contribution in [0.25, 0.3) is 10.2 Å². The number of aromatic nitrogens is 1. The molecule has 0 aliphatic heterocycles. The number of fused-ring (bicyclic) bond motifs is 1. The SMILES string of the molecule is O=C(c1ccc(Br)cc1)N(/N=C/c1ccccc1)c1nc2ccc(F)cc2s1. The van der Waals surface area contributed by atoms with E-state index in [-0.39, 0.29) is 11.7 Å². The number of hydrogen-bond acceptors (Lipinski definition) is 4. The zero-order valence-electron chi connectivity index (χ0n) is 14.4. The van der Waals surface area contributed by atoms with Crippen molar-refractivity contribution in [2.24, 2.45) is 5.10 Å². The van der Waals surface area contributed by atoms with Crippen LogP contribution in [0.1, 0.15) is 15.9 Å². The first-order valence-electron chi connectivity index (χ1n) is 8.35. The summed E-state index contributed by atoms with van der Waals surface area (Å²) in [7, 11) is 0. The number of hydrazone groups is 1. The van der Waals surface area contributed by atoms with Crippen molar-refractivity contribution in [2.45, 2.75) is 0 Å². The van der Waals surface area contributed by atoms with Gasteiger partial charge in [-0.1, -0.05) is 57.6 Å². The number of anilines is 1.